The number of carbonyl (C=O) groups excluding carboxylic acids is 1. The second kappa shape index (κ2) is 8.43. The van der Waals surface area contributed by atoms with E-state index < -0.39 is 0 Å². The van der Waals surface area contributed by atoms with E-state index in [-0.39, 0.29) is 11.7 Å². The van der Waals surface area contributed by atoms with E-state index in [1.54, 1.807) is 12.1 Å². The molecule has 0 unspecified atom stereocenters. The first kappa shape index (κ1) is 19.1. The predicted molar refractivity (Wildman–Crippen MR) is 108 cm³/mol. The maximum absolute atomic E-state index is 13.3. The minimum atomic E-state index is -0.353. The van der Waals surface area contributed by atoms with E-state index in [4.69, 9.17) is 4.52 Å². The Bertz CT molecular complexity index is 996. The molecule has 7 heteroatoms. The average molecular weight is 394 g/mol. The van der Waals surface area contributed by atoms with Crippen molar-refractivity contribution in [2.75, 3.05) is 31.1 Å². The Labute approximate surface area is 168 Å². The molecule has 0 aliphatic carbocycles. The lowest BCUT2D eigenvalue weighted by Crippen LogP contribution is -2.49. The zero-order chi connectivity index (χ0) is 20.2. The molecule has 0 N–H and O–H groups in total. The fourth-order valence-corrected chi connectivity index (χ4v) is 3.59. The summed E-state index contributed by atoms with van der Waals surface area (Å²) in [5, 5.41) is 3.89. The molecule has 3 aromatic rings. The molecule has 0 saturated carbocycles. The highest BCUT2D eigenvalue weighted by Crippen LogP contribution is 2.21. The molecule has 6 nitrogen and oxygen atoms in total. The molecular weight excluding hydrogens is 371 g/mol. The van der Waals surface area contributed by atoms with Crippen LogP contribution in [-0.4, -0.2) is 47.1 Å². The zero-order valence-electron chi connectivity index (χ0n) is 16.3. The van der Waals surface area contributed by atoms with Gasteiger partial charge < -0.3 is 14.3 Å². The number of nitrogens with zero attached hydrogens (tertiary/aromatic N) is 4. The first-order chi connectivity index (χ1) is 14.1. The third-order valence-electron chi connectivity index (χ3n) is 5.19. The molecule has 29 heavy (non-hydrogen) atoms. The van der Waals surface area contributed by atoms with E-state index in [1.807, 2.05) is 17.0 Å². The van der Waals surface area contributed by atoms with E-state index in [9.17, 15) is 9.18 Å². The second-order valence-electron chi connectivity index (χ2n) is 7.18. The van der Waals surface area contributed by atoms with Gasteiger partial charge in [0.05, 0.1) is 0 Å². The topological polar surface area (TPSA) is 62.5 Å². The zero-order valence-corrected chi connectivity index (χ0v) is 16.3. The lowest BCUT2D eigenvalue weighted by molar-refractivity contribution is -0.131. The predicted octanol–water partition coefficient (Wildman–Crippen LogP) is 3.47. The van der Waals surface area contributed by atoms with Crippen LogP contribution in [0.4, 0.5) is 10.1 Å². The number of carbonyl (C=O) groups is 1. The molecule has 2 heterocycles. The number of piperazine rings is 1. The molecule has 1 fully saturated rings. The number of rotatable bonds is 5. The molecule has 0 radical (unpaired) electrons. The summed E-state index contributed by atoms with van der Waals surface area (Å²) in [5.41, 5.74) is 3.03. The van der Waals surface area contributed by atoms with Crippen molar-refractivity contribution in [1.29, 1.82) is 0 Å². The standard InChI is InChI=1S/C22H23FN4O2/c1-16-5-2-3-8-19(16)26-11-13-27(14-12-26)21(28)10-9-20-24-22(25-29-20)17-6-4-7-18(23)15-17/h2-8,15H,9-14H2,1H3. The van der Waals surface area contributed by atoms with Crippen LogP contribution in [0.1, 0.15) is 17.9 Å². The van der Waals surface area contributed by atoms with Gasteiger partial charge in [-0.2, -0.15) is 4.98 Å². The van der Waals surface area contributed by atoms with Crippen molar-refractivity contribution in [3.05, 3.63) is 65.8 Å². The number of anilines is 1. The third kappa shape index (κ3) is 4.45. The van der Waals surface area contributed by atoms with Gasteiger partial charge in [-0.1, -0.05) is 35.5 Å². The summed E-state index contributed by atoms with van der Waals surface area (Å²) >= 11 is 0. The van der Waals surface area contributed by atoms with Crippen molar-refractivity contribution in [3.63, 3.8) is 0 Å². The van der Waals surface area contributed by atoms with Crippen LogP contribution in [0.2, 0.25) is 0 Å². The van der Waals surface area contributed by atoms with E-state index in [0.717, 1.165) is 13.1 Å². The maximum atomic E-state index is 13.3. The van der Waals surface area contributed by atoms with Crippen LogP contribution in [0.5, 0.6) is 0 Å². The van der Waals surface area contributed by atoms with Crippen molar-refractivity contribution < 1.29 is 13.7 Å². The summed E-state index contributed by atoms with van der Waals surface area (Å²) in [6.07, 6.45) is 0.689. The molecule has 1 saturated heterocycles. The quantitative estimate of drug-likeness (QED) is 0.663. The van der Waals surface area contributed by atoms with Crippen LogP contribution >= 0.6 is 0 Å². The summed E-state index contributed by atoms with van der Waals surface area (Å²) < 4.78 is 18.6. The maximum Gasteiger partial charge on any atom is 0.227 e. The Kier molecular flexibility index (Phi) is 5.55. The fourth-order valence-electron chi connectivity index (χ4n) is 3.59. The van der Waals surface area contributed by atoms with Crippen LogP contribution in [-0.2, 0) is 11.2 Å². The molecule has 1 amide bonds. The second-order valence-corrected chi connectivity index (χ2v) is 7.18. The van der Waals surface area contributed by atoms with Gasteiger partial charge in [0.15, 0.2) is 0 Å². The van der Waals surface area contributed by atoms with Crippen molar-refractivity contribution in [1.82, 2.24) is 15.0 Å². The van der Waals surface area contributed by atoms with Gasteiger partial charge >= 0.3 is 0 Å². The van der Waals surface area contributed by atoms with Crippen molar-refractivity contribution in [2.45, 2.75) is 19.8 Å². The Morgan fingerprint density at radius 3 is 2.66 bits per heavy atom. The van der Waals surface area contributed by atoms with Crippen LogP contribution < -0.4 is 4.90 Å². The third-order valence-corrected chi connectivity index (χ3v) is 5.19. The summed E-state index contributed by atoms with van der Waals surface area (Å²) in [7, 11) is 0. The van der Waals surface area contributed by atoms with Crippen LogP contribution in [0, 0.1) is 12.7 Å². The van der Waals surface area contributed by atoms with E-state index in [2.05, 4.69) is 34.1 Å². The number of hydrogen-bond acceptors (Lipinski definition) is 5. The smallest absolute Gasteiger partial charge is 0.227 e. The Hall–Kier alpha value is -3.22. The number of aromatic nitrogens is 2. The molecule has 0 bridgehead atoms. The normalized spacial score (nSPS) is 14.3. The molecular formula is C22H23FN4O2. The number of aryl methyl sites for hydroxylation is 2. The van der Waals surface area contributed by atoms with Crippen molar-refractivity contribution in [2.24, 2.45) is 0 Å². The fraction of sp³-hybridized carbons (Fsp3) is 0.318. The summed E-state index contributed by atoms with van der Waals surface area (Å²) in [4.78, 5) is 21.1. The minimum Gasteiger partial charge on any atom is -0.368 e. The molecule has 4 rings (SSSR count). The molecule has 150 valence electrons. The first-order valence-corrected chi connectivity index (χ1v) is 9.77. The van der Waals surface area contributed by atoms with Crippen LogP contribution in [0.25, 0.3) is 11.4 Å². The Morgan fingerprint density at radius 2 is 1.90 bits per heavy atom. The molecule has 1 aliphatic rings. The van der Waals surface area contributed by atoms with Gasteiger partial charge in [0.25, 0.3) is 0 Å². The molecule has 1 aromatic heterocycles. The highest BCUT2D eigenvalue weighted by Gasteiger charge is 2.22. The lowest BCUT2D eigenvalue weighted by atomic mass is 10.1. The van der Waals surface area contributed by atoms with E-state index in [1.165, 1.54) is 23.4 Å². The van der Waals surface area contributed by atoms with Gasteiger partial charge in [0.2, 0.25) is 17.6 Å². The van der Waals surface area contributed by atoms with Gasteiger partial charge in [0, 0.05) is 50.3 Å². The Morgan fingerprint density at radius 1 is 1.10 bits per heavy atom. The van der Waals surface area contributed by atoms with Gasteiger partial charge in [0.1, 0.15) is 5.82 Å². The first-order valence-electron chi connectivity index (χ1n) is 9.77. The largest absolute Gasteiger partial charge is 0.368 e. The van der Waals surface area contributed by atoms with Gasteiger partial charge in [-0.15, -0.1) is 0 Å². The monoisotopic (exact) mass is 394 g/mol. The van der Waals surface area contributed by atoms with E-state index >= 15 is 0 Å². The highest BCUT2D eigenvalue weighted by molar-refractivity contribution is 5.76. The number of para-hydroxylation sites is 1. The number of benzene rings is 2. The van der Waals surface area contributed by atoms with Crippen LogP contribution in [0.3, 0.4) is 0 Å². The van der Waals surface area contributed by atoms with E-state index in [0.29, 0.717) is 43.2 Å². The highest BCUT2D eigenvalue weighted by atomic mass is 19.1. The summed E-state index contributed by atoms with van der Waals surface area (Å²) in [6, 6.07) is 14.3. The van der Waals surface area contributed by atoms with Gasteiger partial charge in [-0.05, 0) is 30.7 Å². The van der Waals surface area contributed by atoms with Crippen molar-refractivity contribution >= 4 is 11.6 Å². The lowest BCUT2D eigenvalue weighted by Gasteiger charge is -2.36. The molecule has 0 spiro atoms. The minimum absolute atomic E-state index is 0.0833. The number of amides is 1. The number of hydrogen-bond donors (Lipinski definition) is 0. The molecule has 1 aliphatic heterocycles. The van der Waals surface area contributed by atoms with Crippen LogP contribution in [0.15, 0.2) is 53.1 Å². The SMILES string of the molecule is Cc1ccccc1N1CCN(C(=O)CCc2nc(-c3cccc(F)c3)no2)CC1. The van der Waals surface area contributed by atoms with Crippen molar-refractivity contribution in [3.8, 4) is 11.4 Å². The number of halogens is 1. The summed E-state index contributed by atoms with van der Waals surface area (Å²) in [6.45, 7) is 5.15. The van der Waals surface area contributed by atoms with Gasteiger partial charge in [-0.25, -0.2) is 4.39 Å². The average Bonchev–Trinajstić information content (AvgIpc) is 3.22. The Balaban J connectivity index is 1.29. The molecule has 0 atom stereocenters. The molecule has 2 aromatic carbocycles. The van der Waals surface area contributed by atoms with Gasteiger partial charge in [-0.3, -0.25) is 4.79 Å². The summed E-state index contributed by atoms with van der Waals surface area (Å²) in [5.74, 6) is 0.448.